The van der Waals surface area contributed by atoms with Crippen molar-refractivity contribution in [1.82, 2.24) is 14.8 Å². The van der Waals surface area contributed by atoms with E-state index in [1.165, 1.54) is 23.1 Å². The summed E-state index contributed by atoms with van der Waals surface area (Å²) in [6.45, 7) is 0.0667. The minimum atomic E-state index is -5.10. The number of hydrogen-bond donors (Lipinski definition) is 1. The molecule has 5 rings (SSSR count). The van der Waals surface area contributed by atoms with Crippen molar-refractivity contribution in [1.29, 1.82) is 0 Å². The molecule has 1 fully saturated rings. The lowest BCUT2D eigenvalue weighted by atomic mass is 9.98. The zero-order valence-corrected chi connectivity index (χ0v) is 21.9. The number of para-hydroxylation sites is 1. The Morgan fingerprint density at radius 1 is 0.833 bits per heavy atom. The van der Waals surface area contributed by atoms with Crippen molar-refractivity contribution in [2.75, 3.05) is 26.2 Å². The highest BCUT2D eigenvalue weighted by molar-refractivity contribution is 5.98. The standard InChI is InChI=1S/C30H24F7N3O2/c31-23-5-3-4-18(12-23)27(41)17-39-8-9-40(24(16-39)13-20-15-38-26-7-2-1-6-25(20)26)28(42)19-10-21(29(32,33)34)14-22(11-19)30(35,36)37/h1-7,10-12,14-15,24,38H,8-9,13,16-17H2/t24-/m1/s1. The van der Waals surface area contributed by atoms with Crippen molar-refractivity contribution in [3.8, 4) is 0 Å². The van der Waals surface area contributed by atoms with E-state index in [1.807, 2.05) is 24.3 Å². The van der Waals surface area contributed by atoms with Crippen molar-refractivity contribution < 1.29 is 40.3 Å². The number of H-pyrrole nitrogens is 1. The zero-order valence-electron chi connectivity index (χ0n) is 21.9. The molecule has 42 heavy (non-hydrogen) atoms. The van der Waals surface area contributed by atoms with Crippen LogP contribution in [-0.4, -0.2) is 58.7 Å². The van der Waals surface area contributed by atoms with E-state index < -0.39 is 46.8 Å². The topological polar surface area (TPSA) is 56.4 Å². The predicted octanol–water partition coefficient (Wildman–Crippen LogP) is 6.60. The first-order valence-corrected chi connectivity index (χ1v) is 13.0. The summed E-state index contributed by atoms with van der Waals surface area (Å²) in [6.07, 6.45) is -8.26. The third-order valence-electron chi connectivity index (χ3n) is 7.31. The largest absolute Gasteiger partial charge is 0.416 e. The smallest absolute Gasteiger partial charge is 0.361 e. The van der Waals surface area contributed by atoms with Gasteiger partial charge in [0, 0.05) is 53.9 Å². The van der Waals surface area contributed by atoms with Gasteiger partial charge in [0.1, 0.15) is 5.82 Å². The number of piperazine rings is 1. The van der Waals surface area contributed by atoms with Crippen molar-refractivity contribution in [3.63, 3.8) is 0 Å². The monoisotopic (exact) mass is 591 g/mol. The van der Waals surface area contributed by atoms with Gasteiger partial charge < -0.3 is 9.88 Å². The molecule has 1 aromatic heterocycles. The van der Waals surface area contributed by atoms with Crippen LogP contribution in [0.1, 0.15) is 37.4 Å². The van der Waals surface area contributed by atoms with Crippen LogP contribution in [0.25, 0.3) is 10.9 Å². The summed E-state index contributed by atoms with van der Waals surface area (Å²) in [5, 5.41) is 0.844. The Bertz CT molecular complexity index is 1590. The fraction of sp³-hybridized carbons (Fsp3) is 0.267. The Morgan fingerprint density at radius 3 is 2.19 bits per heavy atom. The number of aromatic amines is 1. The maximum Gasteiger partial charge on any atom is 0.416 e. The summed E-state index contributed by atoms with van der Waals surface area (Å²) in [5.41, 5.74) is -2.13. The van der Waals surface area contributed by atoms with E-state index in [1.54, 1.807) is 11.1 Å². The van der Waals surface area contributed by atoms with Crippen LogP contribution in [0.15, 0.2) is 72.9 Å². The van der Waals surface area contributed by atoms with Crippen molar-refractivity contribution in [2.45, 2.75) is 24.8 Å². The molecule has 220 valence electrons. The van der Waals surface area contributed by atoms with Gasteiger partial charge in [-0.2, -0.15) is 26.3 Å². The summed E-state index contributed by atoms with van der Waals surface area (Å²) >= 11 is 0. The Hall–Kier alpha value is -4.19. The molecule has 1 N–H and O–H groups in total. The van der Waals surface area contributed by atoms with Crippen LogP contribution in [0.4, 0.5) is 30.7 Å². The van der Waals surface area contributed by atoms with Gasteiger partial charge in [-0.15, -0.1) is 0 Å². The first-order valence-electron chi connectivity index (χ1n) is 13.0. The molecule has 0 bridgehead atoms. The molecule has 0 spiro atoms. The van der Waals surface area contributed by atoms with Crippen molar-refractivity contribution in [2.24, 2.45) is 0 Å². The number of benzene rings is 3. The number of rotatable bonds is 6. The Morgan fingerprint density at radius 2 is 1.52 bits per heavy atom. The number of ketones is 1. The number of Topliss-reactive ketones (excluding diaryl/α,β-unsaturated/α-hetero) is 1. The average molecular weight is 592 g/mol. The lowest BCUT2D eigenvalue weighted by molar-refractivity contribution is -0.143. The molecule has 3 aromatic carbocycles. The van der Waals surface area contributed by atoms with Gasteiger partial charge >= 0.3 is 12.4 Å². The molecule has 0 aliphatic carbocycles. The lowest BCUT2D eigenvalue weighted by Gasteiger charge is -2.41. The second-order valence-corrected chi connectivity index (χ2v) is 10.2. The highest BCUT2D eigenvalue weighted by Gasteiger charge is 2.39. The molecule has 1 aliphatic rings. The highest BCUT2D eigenvalue weighted by atomic mass is 19.4. The van der Waals surface area contributed by atoms with E-state index in [0.717, 1.165) is 22.5 Å². The van der Waals surface area contributed by atoms with Crippen LogP contribution in [0.5, 0.6) is 0 Å². The van der Waals surface area contributed by atoms with Crippen molar-refractivity contribution >= 4 is 22.6 Å². The van der Waals surface area contributed by atoms with E-state index in [4.69, 9.17) is 0 Å². The summed E-state index contributed by atoms with van der Waals surface area (Å²) in [5.74, 6) is -1.92. The van der Waals surface area contributed by atoms with E-state index in [9.17, 15) is 40.3 Å². The van der Waals surface area contributed by atoms with Crippen LogP contribution in [-0.2, 0) is 18.8 Å². The third-order valence-corrected chi connectivity index (χ3v) is 7.31. The highest BCUT2D eigenvalue weighted by Crippen LogP contribution is 2.37. The molecular weight excluding hydrogens is 567 g/mol. The molecule has 5 nitrogen and oxygen atoms in total. The molecule has 2 heterocycles. The van der Waals surface area contributed by atoms with Crippen LogP contribution in [0.2, 0.25) is 0 Å². The number of fused-ring (bicyclic) bond motifs is 1. The second-order valence-electron chi connectivity index (χ2n) is 10.2. The Kier molecular flexibility index (Phi) is 7.84. The first-order chi connectivity index (χ1) is 19.8. The summed E-state index contributed by atoms with van der Waals surface area (Å²) in [4.78, 5) is 32.6. The number of alkyl halides is 6. The van der Waals surface area contributed by atoms with Crippen LogP contribution in [0, 0.1) is 5.82 Å². The Labute approximate surface area is 235 Å². The van der Waals surface area contributed by atoms with Gasteiger partial charge in [-0.25, -0.2) is 4.39 Å². The summed E-state index contributed by atoms with van der Waals surface area (Å²) in [6, 6.07) is 12.7. The molecule has 12 heteroatoms. The number of aromatic nitrogens is 1. The number of hydrogen-bond acceptors (Lipinski definition) is 3. The van der Waals surface area contributed by atoms with Gasteiger partial charge in [-0.1, -0.05) is 30.3 Å². The summed E-state index contributed by atoms with van der Waals surface area (Å²) in [7, 11) is 0. The molecule has 0 radical (unpaired) electrons. The van der Waals surface area contributed by atoms with Crippen LogP contribution in [0.3, 0.4) is 0 Å². The molecule has 1 aliphatic heterocycles. The molecular formula is C30H24F7N3O2. The molecule has 1 saturated heterocycles. The number of amides is 1. The Balaban J connectivity index is 1.47. The molecule has 1 amide bonds. The maximum atomic E-state index is 13.7. The molecule has 0 unspecified atom stereocenters. The van der Waals surface area contributed by atoms with E-state index in [2.05, 4.69) is 4.98 Å². The van der Waals surface area contributed by atoms with Gasteiger partial charge in [0.15, 0.2) is 5.78 Å². The van der Waals surface area contributed by atoms with Gasteiger partial charge in [0.25, 0.3) is 5.91 Å². The average Bonchev–Trinajstić information content (AvgIpc) is 3.34. The fourth-order valence-corrected chi connectivity index (χ4v) is 5.26. The SMILES string of the molecule is O=C(CN1CCN(C(=O)c2cc(C(F)(F)F)cc(C(F)(F)F)c2)[C@H](Cc2c[nH]c3ccccc23)C1)c1cccc(F)c1. The van der Waals surface area contributed by atoms with Crippen LogP contribution < -0.4 is 0 Å². The number of carbonyl (C=O) groups is 2. The van der Waals surface area contributed by atoms with Gasteiger partial charge in [0.05, 0.1) is 17.7 Å². The van der Waals surface area contributed by atoms with Gasteiger partial charge in [-0.05, 0) is 48.4 Å². The maximum absolute atomic E-state index is 13.7. The summed E-state index contributed by atoms with van der Waals surface area (Å²) < 4.78 is 94.7. The predicted molar refractivity (Wildman–Crippen MR) is 140 cm³/mol. The third kappa shape index (κ3) is 6.33. The van der Waals surface area contributed by atoms with E-state index in [-0.39, 0.29) is 50.0 Å². The van der Waals surface area contributed by atoms with Crippen LogP contribution >= 0.6 is 0 Å². The normalized spacial score (nSPS) is 16.6. The number of halogens is 7. The fourth-order valence-electron chi connectivity index (χ4n) is 5.26. The van der Waals surface area contributed by atoms with Gasteiger partial charge in [-0.3, -0.25) is 14.5 Å². The molecule has 1 atom stereocenters. The van der Waals surface area contributed by atoms with Crippen molar-refractivity contribution in [3.05, 3.63) is 107 Å². The molecule has 4 aromatic rings. The zero-order chi connectivity index (χ0) is 30.2. The van der Waals surface area contributed by atoms with Gasteiger partial charge in [0.2, 0.25) is 0 Å². The number of carbonyl (C=O) groups excluding carboxylic acids is 2. The first kappa shape index (κ1) is 29.3. The quantitative estimate of drug-likeness (QED) is 0.203. The van der Waals surface area contributed by atoms with E-state index >= 15 is 0 Å². The van der Waals surface area contributed by atoms with E-state index in [0.29, 0.717) is 12.1 Å². The minimum absolute atomic E-state index is 0.0177. The molecule has 0 saturated carbocycles. The lowest BCUT2D eigenvalue weighted by Crippen LogP contribution is -2.56. The number of nitrogens with one attached hydrogen (secondary N) is 1. The second kappa shape index (κ2) is 11.2. The minimum Gasteiger partial charge on any atom is -0.361 e. The number of nitrogens with zero attached hydrogens (tertiary/aromatic N) is 2.